The number of anilines is 2. The Morgan fingerprint density at radius 1 is 1.00 bits per heavy atom. The molecule has 11 heteroatoms. The molecule has 3 aliphatic heterocycles. The summed E-state index contributed by atoms with van der Waals surface area (Å²) in [5.41, 5.74) is 5.27. The summed E-state index contributed by atoms with van der Waals surface area (Å²) in [6.45, 7) is 5.51. The summed E-state index contributed by atoms with van der Waals surface area (Å²) in [7, 11) is 0. The van der Waals surface area contributed by atoms with Gasteiger partial charge in [0, 0.05) is 61.8 Å². The zero-order valence-electron chi connectivity index (χ0n) is 21.9. The second-order valence-corrected chi connectivity index (χ2v) is 10.3. The minimum absolute atomic E-state index is 0.379. The van der Waals surface area contributed by atoms with E-state index in [1.807, 2.05) is 37.6 Å². The normalized spacial score (nSPS) is 18.5. The lowest BCUT2D eigenvalue weighted by molar-refractivity contribution is -0.00875. The summed E-state index contributed by atoms with van der Waals surface area (Å²) in [6, 6.07) is 13.3. The molecule has 3 fully saturated rings. The smallest absolute Gasteiger partial charge is 0.161 e. The van der Waals surface area contributed by atoms with Gasteiger partial charge in [-0.3, -0.25) is 4.90 Å². The van der Waals surface area contributed by atoms with E-state index in [2.05, 4.69) is 54.6 Å². The average molecular weight is 535 g/mol. The summed E-state index contributed by atoms with van der Waals surface area (Å²) >= 11 is 0. The van der Waals surface area contributed by atoms with Crippen LogP contribution in [0.4, 0.5) is 15.9 Å². The number of piperazine rings is 1. The highest BCUT2D eigenvalue weighted by Gasteiger charge is 2.44. The van der Waals surface area contributed by atoms with E-state index < -0.39 is 0 Å². The molecule has 0 saturated carbocycles. The topological polar surface area (TPSA) is 103 Å². The molecule has 8 heterocycles. The minimum Gasteiger partial charge on any atom is -0.384 e. The summed E-state index contributed by atoms with van der Waals surface area (Å²) < 4.78 is 16.5. The molecule has 5 aromatic heterocycles. The third-order valence-corrected chi connectivity index (χ3v) is 7.80. The van der Waals surface area contributed by atoms with Gasteiger partial charge in [0.1, 0.15) is 11.9 Å². The van der Waals surface area contributed by atoms with Crippen LogP contribution in [0.25, 0.3) is 22.5 Å². The summed E-state index contributed by atoms with van der Waals surface area (Å²) in [5.74, 6) is 1.18. The van der Waals surface area contributed by atoms with E-state index in [1.54, 1.807) is 10.7 Å². The van der Waals surface area contributed by atoms with Crippen molar-refractivity contribution in [2.45, 2.75) is 32.0 Å². The highest BCUT2D eigenvalue weighted by Crippen LogP contribution is 2.36. The van der Waals surface area contributed by atoms with Crippen LogP contribution in [0.3, 0.4) is 0 Å². The average Bonchev–Trinajstić information content (AvgIpc) is 3.62. The molecule has 3 aliphatic rings. The Hall–Kier alpha value is -4.82. The van der Waals surface area contributed by atoms with Gasteiger partial charge in [-0.15, -0.1) is 0 Å². The molecule has 10 nitrogen and oxygen atoms in total. The van der Waals surface area contributed by atoms with Crippen LogP contribution >= 0.6 is 0 Å². The number of aromatic nitrogens is 6. The highest BCUT2D eigenvalue weighted by atomic mass is 19.1. The van der Waals surface area contributed by atoms with Gasteiger partial charge in [-0.05, 0) is 43.2 Å². The molecule has 0 spiro atoms. The molecule has 200 valence electrons. The molecule has 0 aromatic carbocycles. The largest absolute Gasteiger partial charge is 0.384 e. The number of rotatable bonds is 7. The summed E-state index contributed by atoms with van der Waals surface area (Å²) in [6.07, 6.45) is 10.9. The van der Waals surface area contributed by atoms with Gasteiger partial charge in [-0.1, -0.05) is 6.07 Å². The summed E-state index contributed by atoms with van der Waals surface area (Å²) in [4.78, 5) is 14.2. The van der Waals surface area contributed by atoms with Gasteiger partial charge in [0.2, 0.25) is 0 Å². The van der Waals surface area contributed by atoms with Crippen LogP contribution in [0.2, 0.25) is 0 Å². The van der Waals surface area contributed by atoms with Crippen molar-refractivity contribution in [3.05, 3.63) is 84.5 Å². The van der Waals surface area contributed by atoms with E-state index >= 15 is 0 Å². The van der Waals surface area contributed by atoms with Crippen molar-refractivity contribution < 1.29 is 4.39 Å². The molecule has 2 atom stereocenters. The lowest BCUT2D eigenvalue weighted by Gasteiger charge is -2.56. The Morgan fingerprint density at radius 2 is 1.82 bits per heavy atom. The number of halogens is 1. The van der Waals surface area contributed by atoms with Crippen LogP contribution in [-0.2, 0) is 6.54 Å². The summed E-state index contributed by atoms with van der Waals surface area (Å²) in [5, 5.41) is 21.3. The monoisotopic (exact) mass is 534 g/mol. The molecule has 1 N–H and O–H groups in total. The molecule has 5 aromatic rings. The number of nitrogens with zero attached hydrogens (tertiary/aromatic N) is 9. The lowest BCUT2D eigenvalue weighted by Crippen LogP contribution is -2.68. The number of hydrogen-bond donors (Lipinski definition) is 1. The third-order valence-electron chi connectivity index (χ3n) is 7.80. The van der Waals surface area contributed by atoms with Gasteiger partial charge < -0.3 is 10.2 Å². The van der Waals surface area contributed by atoms with Crippen LogP contribution in [0.15, 0.2) is 67.5 Å². The molecular formula is C29H27FN10. The van der Waals surface area contributed by atoms with Crippen LogP contribution in [0.5, 0.6) is 0 Å². The molecule has 8 rings (SSSR count). The third kappa shape index (κ3) is 4.23. The Kier molecular flexibility index (Phi) is 5.90. The van der Waals surface area contributed by atoms with E-state index in [1.165, 1.54) is 23.5 Å². The highest BCUT2D eigenvalue weighted by molar-refractivity contribution is 5.86. The number of nitriles is 1. The quantitative estimate of drug-likeness (QED) is 0.336. The van der Waals surface area contributed by atoms with Crippen molar-refractivity contribution in [1.29, 1.82) is 5.26 Å². The Balaban J connectivity index is 1.05. The Bertz CT molecular complexity index is 1700. The van der Waals surface area contributed by atoms with Crippen LogP contribution in [-0.4, -0.2) is 66.0 Å². The fourth-order valence-electron chi connectivity index (χ4n) is 5.87. The number of pyridine rings is 3. The first-order valence-electron chi connectivity index (χ1n) is 13.4. The standard InChI is InChI=1S/C29H27FN10/c1-2-32-23-7-26(29-21(9-31)12-35-40(29)16-23)20-4-6-27(34-11-20)37-17-24-8-25(18-37)38(24)14-19-3-5-28(33-10-19)39-15-22(30)13-36-39/h3-7,10-13,15-16,24-25,32H,2,8,14,17-18H2,1H3. The van der Waals surface area contributed by atoms with Gasteiger partial charge in [-0.25, -0.2) is 23.6 Å². The first-order chi connectivity index (χ1) is 19.6. The van der Waals surface area contributed by atoms with Crippen molar-refractivity contribution in [2.75, 3.05) is 29.9 Å². The molecule has 3 saturated heterocycles. The van der Waals surface area contributed by atoms with E-state index in [0.717, 1.165) is 59.9 Å². The first kappa shape index (κ1) is 24.2. The Labute approximate surface area is 230 Å². The molecule has 0 amide bonds. The van der Waals surface area contributed by atoms with Crippen molar-refractivity contribution >= 4 is 17.0 Å². The molecule has 40 heavy (non-hydrogen) atoms. The number of hydrogen-bond acceptors (Lipinski definition) is 8. The SMILES string of the molecule is CCNc1cc(-c2ccc(N3CC4CC(C3)N4Cc3ccc(-n4cc(F)cn4)nc3)nc2)c2c(C#N)cnn2c1. The second-order valence-electron chi connectivity index (χ2n) is 10.3. The van der Waals surface area contributed by atoms with Crippen LogP contribution in [0.1, 0.15) is 24.5 Å². The molecule has 2 bridgehead atoms. The van der Waals surface area contributed by atoms with Gasteiger partial charge in [0.05, 0.1) is 41.6 Å². The van der Waals surface area contributed by atoms with Gasteiger partial charge in [-0.2, -0.15) is 15.5 Å². The maximum Gasteiger partial charge on any atom is 0.161 e. The van der Waals surface area contributed by atoms with Crippen molar-refractivity contribution in [1.82, 2.24) is 34.3 Å². The van der Waals surface area contributed by atoms with Crippen molar-refractivity contribution in [2.24, 2.45) is 0 Å². The van der Waals surface area contributed by atoms with Gasteiger partial charge in [0.25, 0.3) is 0 Å². The minimum atomic E-state index is -0.379. The molecule has 2 unspecified atom stereocenters. The van der Waals surface area contributed by atoms with Crippen molar-refractivity contribution in [3.8, 4) is 23.0 Å². The maximum absolute atomic E-state index is 13.3. The number of fused-ring (bicyclic) bond motifs is 3. The Morgan fingerprint density at radius 3 is 2.50 bits per heavy atom. The predicted molar refractivity (Wildman–Crippen MR) is 149 cm³/mol. The fraction of sp³-hybridized carbons (Fsp3) is 0.276. The van der Waals surface area contributed by atoms with Crippen molar-refractivity contribution in [3.63, 3.8) is 0 Å². The zero-order valence-corrected chi connectivity index (χ0v) is 21.9. The molecule has 0 aliphatic carbocycles. The first-order valence-corrected chi connectivity index (χ1v) is 13.4. The van der Waals surface area contributed by atoms with E-state index in [4.69, 9.17) is 4.98 Å². The zero-order chi connectivity index (χ0) is 27.2. The van der Waals surface area contributed by atoms with E-state index in [0.29, 0.717) is 23.5 Å². The van der Waals surface area contributed by atoms with Crippen LogP contribution in [0, 0.1) is 17.1 Å². The van der Waals surface area contributed by atoms with Crippen LogP contribution < -0.4 is 10.2 Å². The predicted octanol–water partition coefficient (Wildman–Crippen LogP) is 3.88. The van der Waals surface area contributed by atoms with E-state index in [9.17, 15) is 9.65 Å². The maximum atomic E-state index is 13.3. The number of piperidine rings is 1. The lowest BCUT2D eigenvalue weighted by atomic mass is 9.87. The van der Waals surface area contributed by atoms with Gasteiger partial charge in [0.15, 0.2) is 11.6 Å². The molecular weight excluding hydrogens is 507 g/mol. The van der Waals surface area contributed by atoms with Gasteiger partial charge >= 0.3 is 0 Å². The molecule has 0 radical (unpaired) electrons. The fourth-order valence-corrected chi connectivity index (χ4v) is 5.87. The second kappa shape index (κ2) is 9.73. The number of nitrogens with one attached hydrogen (secondary N) is 1. The van der Waals surface area contributed by atoms with E-state index in [-0.39, 0.29) is 5.82 Å².